The maximum atomic E-state index is 13.7. The largest absolute Gasteiger partial charge is 0.459 e. The molecule has 1 heterocycles. The summed E-state index contributed by atoms with van der Waals surface area (Å²) in [6.07, 6.45) is -16.7. The standard InChI is InChI=1S/C16H8BrClF11N3/c1-2-32-10(18)5-9(13(19,20)16(27,28)29)31-12(32)30-8-4-6(14(21,22)23)3-7(11(8)17)15(24,25)26/h3-5H,2H2,1H3. The molecule has 0 unspecified atom stereocenters. The molecule has 0 amide bonds. The van der Waals surface area contributed by atoms with Crippen molar-refractivity contribution < 1.29 is 48.3 Å². The van der Waals surface area contributed by atoms with Gasteiger partial charge in [0.2, 0.25) is 5.62 Å². The van der Waals surface area contributed by atoms with Crippen LogP contribution in [0.2, 0.25) is 5.15 Å². The zero-order valence-corrected chi connectivity index (χ0v) is 17.5. The summed E-state index contributed by atoms with van der Waals surface area (Å²) in [5.41, 5.74) is -7.70. The van der Waals surface area contributed by atoms with E-state index in [0.29, 0.717) is 4.57 Å². The predicted molar refractivity (Wildman–Crippen MR) is 92.2 cm³/mol. The molecule has 0 fully saturated rings. The Balaban J connectivity index is 2.94. The van der Waals surface area contributed by atoms with Crippen LogP contribution in [0, 0.1) is 0 Å². The third kappa shape index (κ3) is 5.18. The third-order valence-electron chi connectivity index (χ3n) is 3.88. The van der Waals surface area contributed by atoms with Crippen LogP contribution in [0.15, 0.2) is 27.7 Å². The number of hydrogen-bond donors (Lipinski definition) is 0. The molecule has 3 nitrogen and oxygen atoms in total. The minimum Gasteiger partial charge on any atom is -0.301 e. The van der Waals surface area contributed by atoms with E-state index in [1.54, 1.807) is 0 Å². The summed E-state index contributed by atoms with van der Waals surface area (Å²) in [5, 5.41) is -0.765. The molecular weight excluding hydrogens is 559 g/mol. The van der Waals surface area contributed by atoms with Crippen molar-refractivity contribution in [2.24, 2.45) is 4.99 Å². The fraction of sp³-hybridized carbons (Fsp3) is 0.375. The molecule has 0 saturated heterocycles. The van der Waals surface area contributed by atoms with Gasteiger partial charge in [-0.05, 0) is 35.0 Å². The second kappa shape index (κ2) is 8.47. The summed E-state index contributed by atoms with van der Waals surface area (Å²) >= 11 is 8.15. The van der Waals surface area contributed by atoms with Crippen LogP contribution < -0.4 is 5.62 Å². The molecule has 178 valence electrons. The van der Waals surface area contributed by atoms with E-state index in [1.807, 2.05) is 0 Å². The molecule has 0 radical (unpaired) electrons. The quantitative estimate of drug-likeness (QED) is 0.285. The van der Waals surface area contributed by atoms with E-state index in [4.69, 9.17) is 11.6 Å². The van der Waals surface area contributed by atoms with Crippen LogP contribution in [0.25, 0.3) is 0 Å². The minimum absolute atomic E-state index is 0.142. The Morgan fingerprint density at radius 3 is 1.94 bits per heavy atom. The molecule has 2 aromatic rings. The highest BCUT2D eigenvalue weighted by Crippen LogP contribution is 2.45. The monoisotopic (exact) mass is 565 g/mol. The Morgan fingerprint density at radius 1 is 0.938 bits per heavy atom. The first-order valence-electron chi connectivity index (χ1n) is 8.05. The van der Waals surface area contributed by atoms with Gasteiger partial charge in [-0.25, -0.2) is 9.98 Å². The molecule has 16 heteroatoms. The van der Waals surface area contributed by atoms with Gasteiger partial charge in [-0.1, -0.05) is 11.6 Å². The fourth-order valence-electron chi connectivity index (χ4n) is 2.34. The van der Waals surface area contributed by atoms with Crippen molar-refractivity contribution >= 4 is 33.2 Å². The van der Waals surface area contributed by atoms with Gasteiger partial charge in [0.15, 0.2) is 0 Å². The Kier molecular flexibility index (Phi) is 6.97. The van der Waals surface area contributed by atoms with Crippen LogP contribution in [-0.2, 0) is 24.8 Å². The SMILES string of the molecule is CCn1c(Cl)cc(C(F)(F)C(F)(F)F)nc1=Nc1cc(C(F)(F)F)cc(C(F)(F)F)c1Br. The Labute approximate surface area is 184 Å². The van der Waals surface area contributed by atoms with Crippen molar-refractivity contribution in [3.05, 3.63) is 50.3 Å². The van der Waals surface area contributed by atoms with Gasteiger partial charge in [-0.3, -0.25) is 0 Å². The number of aromatic nitrogens is 2. The number of alkyl halides is 11. The van der Waals surface area contributed by atoms with E-state index >= 15 is 0 Å². The van der Waals surface area contributed by atoms with Crippen LogP contribution in [0.4, 0.5) is 54.0 Å². The summed E-state index contributed by atoms with van der Waals surface area (Å²) in [6, 6.07) is 0.0922. The lowest BCUT2D eigenvalue weighted by atomic mass is 10.1. The first-order chi connectivity index (χ1) is 14.3. The highest BCUT2D eigenvalue weighted by Gasteiger charge is 2.60. The number of rotatable bonds is 3. The van der Waals surface area contributed by atoms with Gasteiger partial charge in [0.25, 0.3) is 0 Å². The van der Waals surface area contributed by atoms with E-state index in [9.17, 15) is 48.3 Å². The van der Waals surface area contributed by atoms with Crippen molar-refractivity contribution in [2.75, 3.05) is 0 Å². The van der Waals surface area contributed by atoms with E-state index in [-0.39, 0.29) is 24.7 Å². The zero-order valence-electron chi connectivity index (χ0n) is 15.2. The van der Waals surface area contributed by atoms with Crippen molar-refractivity contribution in [2.45, 2.75) is 37.9 Å². The van der Waals surface area contributed by atoms with Gasteiger partial charge in [-0.15, -0.1) is 0 Å². The topological polar surface area (TPSA) is 30.2 Å². The summed E-state index contributed by atoms with van der Waals surface area (Å²) in [6.45, 7) is 1.03. The summed E-state index contributed by atoms with van der Waals surface area (Å²) in [4.78, 5) is 6.42. The Morgan fingerprint density at radius 2 is 1.50 bits per heavy atom. The number of benzene rings is 1. The van der Waals surface area contributed by atoms with E-state index in [0.717, 1.165) is 0 Å². The highest BCUT2D eigenvalue weighted by atomic mass is 79.9. The lowest BCUT2D eigenvalue weighted by molar-refractivity contribution is -0.291. The summed E-state index contributed by atoms with van der Waals surface area (Å²) in [5.74, 6) is -5.53. The maximum absolute atomic E-state index is 13.7. The van der Waals surface area contributed by atoms with Crippen molar-refractivity contribution in [3.8, 4) is 0 Å². The van der Waals surface area contributed by atoms with E-state index < -0.39 is 62.2 Å². The van der Waals surface area contributed by atoms with Crippen LogP contribution in [-0.4, -0.2) is 15.7 Å². The molecule has 0 aliphatic heterocycles. The summed E-state index contributed by atoms with van der Waals surface area (Å²) in [7, 11) is 0. The Bertz CT molecular complexity index is 1080. The zero-order chi connectivity index (χ0) is 24.9. The molecule has 0 aliphatic rings. The molecule has 0 saturated carbocycles. The average Bonchev–Trinajstić information content (AvgIpc) is 2.60. The molecule has 2 rings (SSSR count). The van der Waals surface area contributed by atoms with E-state index in [1.165, 1.54) is 6.92 Å². The number of nitrogens with zero attached hydrogens (tertiary/aromatic N) is 3. The lowest BCUT2D eigenvalue weighted by Crippen LogP contribution is -2.38. The molecule has 32 heavy (non-hydrogen) atoms. The predicted octanol–water partition coefficient (Wildman–Crippen LogP) is 7.24. The van der Waals surface area contributed by atoms with Crippen molar-refractivity contribution in [1.29, 1.82) is 0 Å². The smallest absolute Gasteiger partial charge is 0.301 e. The average molecular weight is 567 g/mol. The van der Waals surface area contributed by atoms with Crippen molar-refractivity contribution in [1.82, 2.24) is 9.55 Å². The van der Waals surface area contributed by atoms with Crippen LogP contribution in [0.5, 0.6) is 0 Å². The number of halogens is 13. The molecule has 0 bridgehead atoms. The molecule has 1 aromatic heterocycles. The summed E-state index contributed by atoms with van der Waals surface area (Å²) < 4.78 is 144. The van der Waals surface area contributed by atoms with Gasteiger partial charge < -0.3 is 4.57 Å². The van der Waals surface area contributed by atoms with Crippen LogP contribution in [0.3, 0.4) is 0 Å². The highest BCUT2D eigenvalue weighted by molar-refractivity contribution is 9.10. The fourth-order valence-corrected chi connectivity index (χ4v) is 3.18. The second-order valence-electron chi connectivity index (χ2n) is 6.04. The van der Waals surface area contributed by atoms with Gasteiger partial charge >= 0.3 is 24.5 Å². The molecule has 0 spiro atoms. The number of hydrogen-bond acceptors (Lipinski definition) is 2. The second-order valence-corrected chi connectivity index (χ2v) is 7.22. The van der Waals surface area contributed by atoms with Gasteiger partial charge in [-0.2, -0.15) is 48.3 Å². The van der Waals surface area contributed by atoms with Gasteiger partial charge in [0, 0.05) is 12.6 Å². The van der Waals surface area contributed by atoms with Gasteiger partial charge in [0.1, 0.15) is 10.8 Å². The first-order valence-corrected chi connectivity index (χ1v) is 9.22. The maximum Gasteiger partial charge on any atom is 0.459 e. The molecular formula is C16H8BrClF11N3. The minimum atomic E-state index is -6.11. The molecule has 0 aliphatic carbocycles. The lowest BCUT2D eigenvalue weighted by Gasteiger charge is -2.20. The molecule has 1 aromatic carbocycles. The normalized spacial score (nSPS) is 14.2. The van der Waals surface area contributed by atoms with Crippen molar-refractivity contribution in [3.63, 3.8) is 0 Å². The van der Waals surface area contributed by atoms with Crippen LogP contribution >= 0.6 is 27.5 Å². The Hall–Kier alpha value is -1.90. The molecule has 0 atom stereocenters. The van der Waals surface area contributed by atoms with E-state index in [2.05, 4.69) is 25.9 Å². The molecule has 0 N–H and O–H groups in total. The third-order valence-corrected chi connectivity index (χ3v) is 5.02. The first kappa shape index (κ1) is 26.4. The van der Waals surface area contributed by atoms with Gasteiger partial charge in [0.05, 0.1) is 21.3 Å². The van der Waals surface area contributed by atoms with Crippen LogP contribution in [0.1, 0.15) is 23.7 Å².